The van der Waals surface area contributed by atoms with Gasteiger partial charge >= 0.3 is 6.18 Å². The Hall–Kier alpha value is -2.46. The van der Waals surface area contributed by atoms with Crippen LogP contribution in [0.5, 0.6) is 0 Å². The molecule has 10 heteroatoms. The van der Waals surface area contributed by atoms with Crippen molar-refractivity contribution in [1.82, 2.24) is 4.72 Å². The Morgan fingerprint density at radius 2 is 1.71 bits per heavy atom. The lowest BCUT2D eigenvalue weighted by molar-refractivity contribution is -0.138. The number of anilines is 1. The average Bonchev–Trinajstić information content (AvgIpc) is 2.54. The smallest absolute Gasteiger partial charge is 0.322 e. The summed E-state index contributed by atoms with van der Waals surface area (Å²) in [6.45, 7) is 4.44. The van der Waals surface area contributed by atoms with Gasteiger partial charge in [-0.05, 0) is 56.7 Å². The molecule has 0 saturated carbocycles. The summed E-state index contributed by atoms with van der Waals surface area (Å²) in [5.41, 5.74) is -1.79. The summed E-state index contributed by atoms with van der Waals surface area (Å²) >= 11 is 0. The molecule has 0 aliphatic carbocycles. The molecular weight excluding hydrogens is 400 g/mol. The maximum Gasteiger partial charge on any atom is 0.416 e. The molecule has 0 atom stereocenters. The van der Waals surface area contributed by atoms with E-state index in [1.165, 1.54) is 19.1 Å². The lowest BCUT2D eigenvalue weighted by Crippen LogP contribution is -2.30. The molecular formula is C18H18F4N2O3S. The zero-order valence-corrected chi connectivity index (χ0v) is 16.0. The largest absolute Gasteiger partial charge is 0.416 e. The van der Waals surface area contributed by atoms with E-state index < -0.39 is 45.1 Å². The molecule has 28 heavy (non-hydrogen) atoms. The Morgan fingerprint density at radius 3 is 2.29 bits per heavy atom. The lowest BCUT2D eigenvalue weighted by atomic mass is 10.1. The fraction of sp³-hybridized carbons (Fsp3) is 0.278. The summed E-state index contributed by atoms with van der Waals surface area (Å²) in [7, 11) is -3.98. The molecule has 0 fully saturated rings. The molecule has 5 nitrogen and oxygen atoms in total. The van der Waals surface area contributed by atoms with E-state index in [1.54, 1.807) is 13.8 Å². The first-order chi connectivity index (χ1) is 12.8. The third-order valence-electron chi connectivity index (χ3n) is 3.68. The van der Waals surface area contributed by atoms with Gasteiger partial charge in [-0.25, -0.2) is 17.5 Å². The number of alkyl halides is 3. The minimum Gasteiger partial charge on any atom is -0.322 e. The van der Waals surface area contributed by atoms with Gasteiger partial charge in [-0.3, -0.25) is 4.79 Å². The van der Waals surface area contributed by atoms with Crippen LogP contribution in [-0.2, 0) is 16.2 Å². The van der Waals surface area contributed by atoms with Crippen molar-refractivity contribution in [2.24, 2.45) is 0 Å². The molecule has 2 N–H and O–H groups in total. The minimum atomic E-state index is -4.62. The van der Waals surface area contributed by atoms with Gasteiger partial charge in [-0.15, -0.1) is 0 Å². The van der Waals surface area contributed by atoms with Gasteiger partial charge in [0, 0.05) is 11.7 Å². The van der Waals surface area contributed by atoms with Gasteiger partial charge in [0.1, 0.15) is 5.82 Å². The number of carbonyl (C=O) groups is 1. The second-order valence-electron chi connectivity index (χ2n) is 6.40. The number of rotatable bonds is 5. The highest BCUT2D eigenvalue weighted by atomic mass is 32.2. The van der Waals surface area contributed by atoms with Crippen LogP contribution < -0.4 is 10.0 Å². The van der Waals surface area contributed by atoms with E-state index >= 15 is 0 Å². The minimum absolute atomic E-state index is 0.0375. The number of carbonyl (C=O) groups excluding carboxylic acids is 1. The van der Waals surface area contributed by atoms with Crippen LogP contribution >= 0.6 is 0 Å². The topological polar surface area (TPSA) is 75.3 Å². The van der Waals surface area contributed by atoms with Gasteiger partial charge in [-0.2, -0.15) is 13.2 Å². The van der Waals surface area contributed by atoms with Gasteiger partial charge < -0.3 is 5.32 Å². The van der Waals surface area contributed by atoms with Gasteiger partial charge in [0.15, 0.2) is 0 Å². The van der Waals surface area contributed by atoms with Crippen molar-refractivity contribution in [2.75, 3.05) is 5.32 Å². The van der Waals surface area contributed by atoms with Crippen molar-refractivity contribution < 1.29 is 30.8 Å². The Morgan fingerprint density at radius 1 is 1.07 bits per heavy atom. The van der Waals surface area contributed by atoms with Gasteiger partial charge in [0.25, 0.3) is 5.91 Å². The second kappa shape index (κ2) is 7.88. The average molecular weight is 418 g/mol. The maximum absolute atomic E-state index is 14.1. The van der Waals surface area contributed by atoms with E-state index in [1.807, 2.05) is 0 Å². The van der Waals surface area contributed by atoms with Crippen LogP contribution in [0.15, 0.2) is 41.3 Å². The fourth-order valence-corrected chi connectivity index (χ4v) is 3.70. The number of aryl methyl sites for hydroxylation is 1. The van der Waals surface area contributed by atoms with Crippen molar-refractivity contribution in [3.8, 4) is 0 Å². The molecule has 0 aliphatic heterocycles. The third kappa shape index (κ3) is 5.08. The van der Waals surface area contributed by atoms with Crippen molar-refractivity contribution in [1.29, 1.82) is 0 Å². The Balaban J connectivity index is 2.37. The summed E-state index contributed by atoms with van der Waals surface area (Å²) in [4.78, 5) is 12.0. The molecule has 0 spiro atoms. The second-order valence-corrected chi connectivity index (χ2v) is 8.11. The summed E-state index contributed by atoms with van der Waals surface area (Å²) < 4.78 is 79.7. The number of sulfonamides is 1. The summed E-state index contributed by atoms with van der Waals surface area (Å²) in [5.74, 6) is -2.08. The van der Waals surface area contributed by atoms with Crippen molar-refractivity contribution in [3.63, 3.8) is 0 Å². The van der Waals surface area contributed by atoms with Crippen LogP contribution in [0.25, 0.3) is 0 Å². The SMILES string of the molecule is Cc1ccc(NC(=O)c2cc(S(=O)(=O)NC(C)C)ccc2F)cc1C(F)(F)F. The fourth-order valence-electron chi connectivity index (χ4n) is 2.43. The quantitative estimate of drug-likeness (QED) is 0.719. The van der Waals surface area contributed by atoms with E-state index in [0.29, 0.717) is 0 Å². The van der Waals surface area contributed by atoms with E-state index in [9.17, 15) is 30.8 Å². The Kier molecular flexibility index (Phi) is 6.15. The first kappa shape index (κ1) is 21.8. The van der Waals surface area contributed by atoms with Crippen LogP contribution in [0.3, 0.4) is 0 Å². The van der Waals surface area contributed by atoms with Crippen LogP contribution in [-0.4, -0.2) is 20.4 Å². The molecule has 0 unspecified atom stereocenters. The lowest BCUT2D eigenvalue weighted by Gasteiger charge is -2.14. The highest BCUT2D eigenvalue weighted by molar-refractivity contribution is 7.89. The molecule has 0 aromatic heterocycles. The number of hydrogen-bond acceptors (Lipinski definition) is 3. The van der Waals surface area contributed by atoms with Gasteiger partial charge in [0.2, 0.25) is 10.0 Å². The molecule has 152 valence electrons. The number of nitrogens with one attached hydrogen (secondary N) is 2. The molecule has 0 heterocycles. The van der Waals surface area contributed by atoms with Crippen molar-refractivity contribution in [2.45, 2.75) is 37.9 Å². The van der Waals surface area contributed by atoms with Crippen LogP contribution in [0.2, 0.25) is 0 Å². The zero-order chi connectivity index (χ0) is 21.3. The van der Waals surface area contributed by atoms with Crippen LogP contribution in [0.4, 0.5) is 23.2 Å². The number of hydrogen-bond donors (Lipinski definition) is 2. The summed E-state index contributed by atoms with van der Waals surface area (Å²) in [6, 6.07) is 5.33. The van der Waals surface area contributed by atoms with E-state index in [0.717, 1.165) is 24.3 Å². The number of benzene rings is 2. The van der Waals surface area contributed by atoms with Gasteiger partial charge in [0.05, 0.1) is 16.0 Å². The predicted octanol–water partition coefficient (Wildman–Crippen LogP) is 4.09. The molecule has 2 aromatic carbocycles. The summed E-state index contributed by atoms with van der Waals surface area (Å²) in [5, 5.41) is 2.16. The molecule has 0 aliphatic rings. The van der Waals surface area contributed by atoms with Crippen LogP contribution in [0.1, 0.15) is 35.3 Å². The highest BCUT2D eigenvalue weighted by Crippen LogP contribution is 2.33. The number of halogens is 4. The normalized spacial score (nSPS) is 12.3. The molecule has 0 bridgehead atoms. The van der Waals surface area contributed by atoms with E-state index in [-0.39, 0.29) is 16.1 Å². The molecule has 2 aromatic rings. The standard InChI is InChI=1S/C18H18F4N2O3S/c1-10(2)24-28(26,27)13-6-7-16(19)14(9-13)17(25)23-12-5-4-11(3)15(8-12)18(20,21)22/h4-10,24H,1-3H3,(H,23,25). The van der Waals surface area contributed by atoms with E-state index in [4.69, 9.17) is 0 Å². The van der Waals surface area contributed by atoms with Crippen molar-refractivity contribution in [3.05, 3.63) is 58.9 Å². The molecule has 0 saturated heterocycles. The maximum atomic E-state index is 14.1. The third-order valence-corrected chi connectivity index (χ3v) is 5.34. The highest BCUT2D eigenvalue weighted by Gasteiger charge is 2.32. The Bertz CT molecular complexity index is 1000. The van der Waals surface area contributed by atoms with E-state index in [2.05, 4.69) is 10.0 Å². The van der Waals surface area contributed by atoms with Crippen LogP contribution in [0, 0.1) is 12.7 Å². The first-order valence-corrected chi connectivity index (χ1v) is 9.60. The first-order valence-electron chi connectivity index (χ1n) is 8.12. The van der Waals surface area contributed by atoms with Gasteiger partial charge in [-0.1, -0.05) is 6.07 Å². The molecule has 1 amide bonds. The monoisotopic (exact) mass is 418 g/mol. The summed E-state index contributed by atoms with van der Waals surface area (Å²) in [6.07, 6.45) is -4.62. The Labute approximate surface area is 159 Å². The molecule has 2 rings (SSSR count). The predicted molar refractivity (Wildman–Crippen MR) is 96.0 cm³/mol. The van der Waals surface area contributed by atoms with Crippen molar-refractivity contribution >= 4 is 21.6 Å². The number of amides is 1. The zero-order valence-electron chi connectivity index (χ0n) is 15.2. The molecule has 0 radical (unpaired) electrons.